The highest BCUT2D eigenvalue weighted by molar-refractivity contribution is 6.09. The molecule has 1 aromatic rings. The number of nitrogens with two attached hydrogens (primary N) is 1. The van der Waals surface area contributed by atoms with Crippen molar-refractivity contribution >= 4 is 17.8 Å². The number of nitrogens with zero attached hydrogens (tertiary/aromatic N) is 2. The number of imide groups is 1. The van der Waals surface area contributed by atoms with Gasteiger partial charge in [-0.15, -0.1) is 0 Å². The molecular weight excluding hydrogens is 351 g/mol. The highest BCUT2D eigenvalue weighted by Crippen LogP contribution is 2.29. The van der Waals surface area contributed by atoms with E-state index in [1.54, 1.807) is 11.8 Å². The van der Waals surface area contributed by atoms with Crippen molar-refractivity contribution in [3.8, 4) is 0 Å². The number of piperidine rings is 1. The van der Waals surface area contributed by atoms with Gasteiger partial charge in [-0.05, 0) is 50.3 Å². The van der Waals surface area contributed by atoms with Crippen LogP contribution in [0.4, 0.5) is 9.18 Å². The predicted molar refractivity (Wildman–Crippen MR) is 97.0 cm³/mol. The molecule has 8 heteroatoms. The zero-order valence-electron chi connectivity index (χ0n) is 15.6. The molecule has 0 spiro atoms. The highest BCUT2D eigenvalue weighted by atomic mass is 19.1. The van der Waals surface area contributed by atoms with Gasteiger partial charge >= 0.3 is 6.03 Å². The Labute approximate surface area is 157 Å². The molecule has 2 aliphatic rings. The molecule has 146 valence electrons. The van der Waals surface area contributed by atoms with Crippen LogP contribution < -0.4 is 11.1 Å². The van der Waals surface area contributed by atoms with E-state index in [2.05, 4.69) is 5.32 Å². The lowest BCUT2D eigenvalue weighted by Gasteiger charge is -2.35. The molecule has 0 saturated carbocycles. The maximum Gasteiger partial charge on any atom is 0.325 e. The first-order valence-electron chi connectivity index (χ1n) is 9.16. The minimum absolute atomic E-state index is 0.0147. The fourth-order valence-corrected chi connectivity index (χ4v) is 3.72. The first-order chi connectivity index (χ1) is 12.7. The Bertz CT molecular complexity index is 752. The van der Waals surface area contributed by atoms with Gasteiger partial charge in [-0.25, -0.2) is 9.18 Å². The largest absolute Gasteiger partial charge is 0.341 e. The van der Waals surface area contributed by atoms with E-state index in [9.17, 15) is 18.8 Å². The lowest BCUT2D eigenvalue weighted by atomic mass is 9.91. The van der Waals surface area contributed by atoms with E-state index < -0.39 is 23.3 Å². The molecule has 27 heavy (non-hydrogen) atoms. The van der Waals surface area contributed by atoms with E-state index in [1.165, 1.54) is 24.3 Å². The minimum Gasteiger partial charge on any atom is -0.341 e. The summed E-state index contributed by atoms with van der Waals surface area (Å²) < 4.78 is 13.2. The van der Waals surface area contributed by atoms with Crippen molar-refractivity contribution in [2.45, 2.75) is 38.3 Å². The zero-order chi connectivity index (χ0) is 19.8. The quantitative estimate of drug-likeness (QED) is 0.772. The first kappa shape index (κ1) is 19.3. The third-order valence-corrected chi connectivity index (χ3v) is 5.54. The fourth-order valence-electron chi connectivity index (χ4n) is 3.72. The van der Waals surface area contributed by atoms with Gasteiger partial charge < -0.3 is 16.0 Å². The van der Waals surface area contributed by atoms with Crippen molar-refractivity contribution in [3.63, 3.8) is 0 Å². The number of halogens is 1. The van der Waals surface area contributed by atoms with Gasteiger partial charge in [-0.2, -0.15) is 0 Å². The van der Waals surface area contributed by atoms with Gasteiger partial charge in [0.15, 0.2) is 0 Å². The van der Waals surface area contributed by atoms with Gasteiger partial charge in [-0.1, -0.05) is 12.1 Å². The van der Waals surface area contributed by atoms with Gasteiger partial charge in [0.25, 0.3) is 5.91 Å². The zero-order valence-corrected chi connectivity index (χ0v) is 15.6. The summed E-state index contributed by atoms with van der Waals surface area (Å²) in [4.78, 5) is 40.5. The number of carbonyl (C=O) groups excluding carboxylic acids is 3. The van der Waals surface area contributed by atoms with E-state index in [0.29, 0.717) is 18.7 Å². The molecule has 2 fully saturated rings. The molecule has 3 unspecified atom stereocenters. The normalized spacial score (nSPS) is 26.9. The second-order valence-corrected chi connectivity index (χ2v) is 7.55. The van der Waals surface area contributed by atoms with E-state index in [1.807, 2.05) is 6.92 Å². The molecule has 0 radical (unpaired) electrons. The summed E-state index contributed by atoms with van der Waals surface area (Å²) in [6.07, 6.45) is 1.82. The average Bonchev–Trinajstić information content (AvgIpc) is 2.86. The molecule has 7 nitrogen and oxygen atoms in total. The van der Waals surface area contributed by atoms with E-state index >= 15 is 0 Å². The van der Waals surface area contributed by atoms with Crippen molar-refractivity contribution < 1.29 is 18.8 Å². The second-order valence-electron chi connectivity index (χ2n) is 7.55. The maximum atomic E-state index is 13.2. The van der Waals surface area contributed by atoms with E-state index in [0.717, 1.165) is 17.7 Å². The second kappa shape index (κ2) is 7.26. The molecule has 3 N–H and O–H groups in total. The van der Waals surface area contributed by atoms with Crippen LogP contribution in [-0.2, 0) is 15.1 Å². The van der Waals surface area contributed by atoms with Crippen molar-refractivity contribution in [1.29, 1.82) is 0 Å². The molecule has 4 amide bonds. The van der Waals surface area contributed by atoms with Crippen molar-refractivity contribution in [2.75, 3.05) is 19.6 Å². The lowest BCUT2D eigenvalue weighted by molar-refractivity contribution is -0.140. The van der Waals surface area contributed by atoms with Gasteiger partial charge in [0.05, 0.1) is 0 Å². The van der Waals surface area contributed by atoms with Crippen LogP contribution in [0.2, 0.25) is 0 Å². The topological polar surface area (TPSA) is 95.7 Å². The average molecular weight is 376 g/mol. The first-order valence-corrected chi connectivity index (χ1v) is 9.16. The number of benzene rings is 1. The number of likely N-dealkylation sites (tertiary alicyclic amines) is 1. The van der Waals surface area contributed by atoms with Gasteiger partial charge in [0, 0.05) is 19.1 Å². The molecule has 0 bridgehead atoms. The van der Waals surface area contributed by atoms with Crippen LogP contribution in [0.1, 0.15) is 32.3 Å². The summed E-state index contributed by atoms with van der Waals surface area (Å²) in [6, 6.07) is 4.73. The summed E-state index contributed by atoms with van der Waals surface area (Å²) in [5.41, 5.74) is 5.10. The predicted octanol–water partition coefficient (Wildman–Crippen LogP) is 1.18. The Balaban J connectivity index is 1.72. The Morgan fingerprint density at radius 1 is 1.37 bits per heavy atom. The summed E-state index contributed by atoms with van der Waals surface area (Å²) in [6.45, 7) is 4.30. The lowest BCUT2D eigenvalue weighted by Crippen LogP contribution is -2.49. The summed E-state index contributed by atoms with van der Waals surface area (Å²) in [5, 5.41) is 2.63. The van der Waals surface area contributed by atoms with Gasteiger partial charge in [0.1, 0.15) is 17.9 Å². The molecule has 0 aliphatic carbocycles. The van der Waals surface area contributed by atoms with Crippen molar-refractivity contribution in [2.24, 2.45) is 11.7 Å². The van der Waals surface area contributed by atoms with Crippen LogP contribution in [0.25, 0.3) is 0 Å². The summed E-state index contributed by atoms with van der Waals surface area (Å²) in [7, 11) is 0. The van der Waals surface area contributed by atoms with Crippen LogP contribution in [-0.4, -0.2) is 53.3 Å². The van der Waals surface area contributed by atoms with Crippen molar-refractivity contribution in [3.05, 3.63) is 35.6 Å². The fraction of sp³-hybridized carbons (Fsp3) is 0.526. The number of hydrogen-bond donors (Lipinski definition) is 2. The van der Waals surface area contributed by atoms with Crippen LogP contribution in [0.15, 0.2) is 24.3 Å². The molecule has 3 rings (SSSR count). The van der Waals surface area contributed by atoms with E-state index in [4.69, 9.17) is 5.73 Å². The van der Waals surface area contributed by atoms with Crippen LogP contribution >= 0.6 is 0 Å². The minimum atomic E-state index is -1.32. The number of urea groups is 1. The number of hydrogen-bond acceptors (Lipinski definition) is 4. The molecule has 3 atom stereocenters. The third kappa shape index (κ3) is 3.66. The summed E-state index contributed by atoms with van der Waals surface area (Å²) in [5.74, 6) is -1.00. The Morgan fingerprint density at radius 3 is 2.67 bits per heavy atom. The molecule has 2 saturated heterocycles. The Kier molecular flexibility index (Phi) is 5.19. The van der Waals surface area contributed by atoms with Crippen LogP contribution in [0.5, 0.6) is 0 Å². The molecule has 0 aromatic heterocycles. The standard InChI is InChI=1S/C19H25FN4O3/c1-12(21)13-4-3-9-23(10-13)16(25)11-24-17(26)19(2,22-18(24)27)14-5-7-15(20)8-6-14/h5-8,12-13H,3-4,9-11,21H2,1-2H3,(H,22,27). The number of carbonyl (C=O) groups is 3. The van der Waals surface area contributed by atoms with Crippen LogP contribution in [0, 0.1) is 11.7 Å². The maximum absolute atomic E-state index is 13.2. The highest BCUT2D eigenvalue weighted by Gasteiger charge is 2.49. The summed E-state index contributed by atoms with van der Waals surface area (Å²) >= 11 is 0. The molecule has 1 aromatic carbocycles. The van der Waals surface area contributed by atoms with Gasteiger partial charge in [-0.3, -0.25) is 14.5 Å². The van der Waals surface area contributed by atoms with E-state index in [-0.39, 0.29) is 24.4 Å². The molecule has 2 heterocycles. The van der Waals surface area contributed by atoms with Crippen LogP contribution in [0.3, 0.4) is 0 Å². The number of rotatable bonds is 4. The number of nitrogens with one attached hydrogen (secondary N) is 1. The molecule has 2 aliphatic heterocycles. The number of amides is 4. The van der Waals surface area contributed by atoms with Crippen molar-refractivity contribution in [1.82, 2.24) is 15.1 Å². The smallest absolute Gasteiger partial charge is 0.325 e. The Morgan fingerprint density at radius 2 is 2.04 bits per heavy atom. The molecular formula is C19H25FN4O3. The Hall–Kier alpha value is -2.48. The monoisotopic (exact) mass is 376 g/mol. The van der Waals surface area contributed by atoms with Gasteiger partial charge in [0.2, 0.25) is 5.91 Å². The SMILES string of the molecule is CC(N)C1CCCN(C(=O)CN2C(=O)NC(C)(c3ccc(F)cc3)C2=O)C1. The third-order valence-electron chi connectivity index (χ3n) is 5.54.